The monoisotopic (exact) mass is 349 g/mol. The van der Waals surface area contributed by atoms with Crippen LogP contribution in [0.3, 0.4) is 0 Å². The van der Waals surface area contributed by atoms with Gasteiger partial charge in [0.1, 0.15) is 12.4 Å². The minimum absolute atomic E-state index is 0.104. The van der Waals surface area contributed by atoms with E-state index in [-0.39, 0.29) is 24.3 Å². The molecule has 138 valence electrons. The molecule has 1 aromatic heterocycles. The van der Waals surface area contributed by atoms with E-state index in [9.17, 15) is 14.7 Å². The fourth-order valence-electron chi connectivity index (χ4n) is 3.77. The maximum Gasteiger partial charge on any atom is 0.224 e. The Bertz CT molecular complexity index is 630. The SMILES string of the molecule is Cn1c(CO)nnc1[C@@H]1CCCN(C(=O)CCN2CCCCC2=O)C1. The van der Waals surface area contributed by atoms with Gasteiger partial charge in [-0.25, -0.2) is 0 Å². The summed E-state index contributed by atoms with van der Waals surface area (Å²) in [6.07, 6.45) is 4.89. The minimum Gasteiger partial charge on any atom is -0.388 e. The second-order valence-electron chi connectivity index (χ2n) is 6.96. The Morgan fingerprint density at radius 3 is 2.80 bits per heavy atom. The molecule has 2 saturated heterocycles. The molecule has 25 heavy (non-hydrogen) atoms. The Labute approximate surface area is 147 Å². The highest BCUT2D eigenvalue weighted by atomic mass is 16.3. The fraction of sp³-hybridized carbons (Fsp3) is 0.765. The van der Waals surface area contributed by atoms with Crippen molar-refractivity contribution in [2.24, 2.45) is 7.05 Å². The van der Waals surface area contributed by atoms with Gasteiger partial charge in [0.15, 0.2) is 5.82 Å². The van der Waals surface area contributed by atoms with Gasteiger partial charge in [-0.3, -0.25) is 9.59 Å². The number of carbonyl (C=O) groups is 2. The zero-order chi connectivity index (χ0) is 17.8. The highest BCUT2D eigenvalue weighted by molar-refractivity contribution is 5.79. The summed E-state index contributed by atoms with van der Waals surface area (Å²) in [5, 5.41) is 17.5. The summed E-state index contributed by atoms with van der Waals surface area (Å²) in [4.78, 5) is 28.1. The Hall–Kier alpha value is -1.96. The molecule has 1 N–H and O–H groups in total. The van der Waals surface area contributed by atoms with Crippen molar-refractivity contribution in [3.63, 3.8) is 0 Å². The highest BCUT2D eigenvalue weighted by Gasteiger charge is 2.28. The number of rotatable bonds is 5. The number of hydrogen-bond acceptors (Lipinski definition) is 5. The van der Waals surface area contributed by atoms with Crippen LogP contribution in [-0.4, -0.2) is 67.7 Å². The zero-order valence-corrected chi connectivity index (χ0v) is 14.9. The lowest BCUT2D eigenvalue weighted by molar-refractivity contribution is -0.136. The molecule has 2 aliphatic heterocycles. The molecule has 2 aliphatic rings. The van der Waals surface area contributed by atoms with E-state index in [1.807, 2.05) is 21.4 Å². The summed E-state index contributed by atoms with van der Waals surface area (Å²) in [7, 11) is 1.85. The number of aromatic nitrogens is 3. The normalized spacial score (nSPS) is 21.7. The number of hydrogen-bond donors (Lipinski definition) is 1. The highest BCUT2D eigenvalue weighted by Crippen LogP contribution is 2.26. The number of aliphatic hydroxyl groups excluding tert-OH is 1. The van der Waals surface area contributed by atoms with Crippen molar-refractivity contribution in [2.45, 2.75) is 51.0 Å². The Morgan fingerprint density at radius 1 is 1.24 bits per heavy atom. The summed E-state index contributed by atoms with van der Waals surface area (Å²) in [5.41, 5.74) is 0. The number of aliphatic hydroxyl groups is 1. The van der Waals surface area contributed by atoms with Crippen LogP contribution >= 0.6 is 0 Å². The molecule has 0 radical (unpaired) electrons. The largest absolute Gasteiger partial charge is 0.388 e. The molecule has 0 unspecified atom stereocenters. The quantitative estimate of drug-likeness (QED) is 0.832. The van der Waals surface area contributed by atoms with Gasteiger partial charge < -0.3 is 19.5 Å². The predicted molar refractivity (Wildman–Crippen MR) is 90.5 cm³/mol. The molecule has 0 spiro atoms. The van der Waals surface area contributed by atoms with E-state index in [1.54, 1.807) is 0 Å². The fourth-order valence-corrected chi connectivity index (χ4v) is 3.77. The Balaban J connectivity index is 1.56. The van der Waals surface area contributed by atoms with Crippen molar-refractivity contribution < 1.29 is 14.7 Å². The van der Waals surface area contributed by atoms with Crippen LogP contribution in [0.1, 0.15) is 56.1 Å². The standard InChI is InChI=1S/C17H27N5O3/c1-20-14(12-23)18-19-17(20)13-5-4-9-22(11-13)16(25)7-10-21-8-3-2-6-15(21)24/h13,23H,2-12H2,1H3/t13-/m1/s1. The molecule has 1 aromatic rings. The van der Waals surface area contributed by atoms with Crippen LogP contribution in [0.2, 0.25) is 0 Å². The van der Waals surface area contributed by atoms with Crippen molar-refractivity contribution in [3.8, 4) is 0 Å². The predicted octanol–water partition coefficient (Wildman–Crippen LogP) is 0.416. The van der Waals surface area contributed by atoms with Crippen molar-refractivity contribution >= 4 is 11.8 Å². The molecule has 0 bridgehead atoms. The van der Waals surface area contributed by atoms with Gasteiger partial charge in [0.2, 0.25) is 11.8 Å². The molecular weight excluding hydrogens is 322 g/mol. The Morgan fingerprint density at radius 2 is 2.08 bits per heavy atom. The second kappa shape index (κ2) is 7.95. The molecule has 0 aliphatic carbocycles. The number of likely N-dealkylation sites (tertiary alicyclic amines) is 2. The molecule has 2 amide bonds. The van der Waals surface area contributed by atoms with Crippen LogP contribution in [0.15, 0.2) is 0 Å². The summed E-state index contributed by atoms with van der Waals surface area (Å²) in [6.45, 7) is 2.55. The smallest absolute Gasteiger partial charge is 0.224 e. The van der Waals surface area contributed by atoms with E-state index < -0.39 is 0 Å². The van der Waals surface area contributed by atoms with Crippen molar-refractivity contribution in [2.75, 3.05) is 26.2 Å². The van der Waals surface area contributed by atoms with Gasteiger partial charge >= 0.3 is 0 Å². The molecular formula is C17H27N5O3. The van der Waals surface area contributed by atoms with Gasteiger partial charge in [-0.05, 0) is 25.7 Å². The molecule has 8 heteroatoms. The average Bonchev–Trinajstić information content (AvgIpc) is 3.01. The lowest BCUT2D eigenvalue weighted by Crippen LogP contribution is -2.42. The molecule has 1 atom stereocenters. The van der Waals surface area contributed by atoms with E-state index >= 15 is 0 Å². The van der Waals surface area contributed by atoms with Crippen LogP contribution in [-0.2, 0) is 23.2 Å². The van der Waals surface area contributed by atoms with Gasteiger partial charge in [0, 0.05) is 52.0 Å². The second-order valence-corrected chi connectivity index (χ2v) is 6.96. The minimum atomic E-state index is -0.136. The third-order valence-electron chi connectivity index (χ3n) is 5.30. The van der Waals surface area contributed by atoms with Gasteiger partial charge in [0.05, 0.1) is 0 Å². The van der Waals surface area contributed by atoms with Gasteiger partial charge in [-0.1, -0.05) is 0 Å². The molecule has 0 saturated carbocycles. The third kappa shape index (κ3) is 4.00. The average molecular weight is 349 g/mol. The molecule has 3 heterocycles. The van der Waals surface area contributed by atoms with E-state index in [0.29, 0.717) is 31.8 Å². The molecule has 8 nitrogen and oxygen atoms in total. The van der Waals surface area contributed by atoms with E-state index in [4.69, 9.17) is 0 Å². The topological polar surface area (TPSA) is 91.6 Å². The molecule has 0 aromatic carbocycles. The maximum atomic E-state index is 12.6. The van der Waals surface area contributed by atoms with Crippen LogP contribution in [0.5, 0.6) is 0 Å². The van der Waals surface area contributed by atoms with Crippen molar-refractivity contribution in [1.29, 1.82) is 0 Å². The summed E-state index contributed by atoms with van der Waals surface area (Å²) < 4.78 is 1.82. The summed E-state index contributed by atoms with van der Waals surface area (Å²) in [6, 6.07) is 0. The van der Waals surface area contributed by atoms with Gasteiger partial charge in [0.25, 0.3) is 0 Å². The van der Waals surface area contributed by atoms with E-state index in [1.165, 1.54) is 0 Å². The first-order chi connectivity index (χ1) is 12.1. The van der Waals surface area contributed by atoms with E-state index in [0.717, 1.165) is 44.6 Å². The zero-order valence-electron chi connectivity index (χ0n) is 14.9. The number of amides is 2. The van der Waals surface area contributed by atoms with Crippen LogP contribution in [0, 0.1) is 0 Å². The Kier molecular flexibility index (Phi) is 5.67. The lowest BCUT2D eigenvalue weighted by Gasteiger charge is -2.33. The van der Waals surface area contributed by atoms with Gasteiger partial charge in [-0.2, -0.15) is 0 Å². The van der Waals surface area contributed by atoms with Crippen LogP contribution in [0.25, 0.3) is 0 Å². The maximum absolute atomic E-state index is 12.6. The third-order valence-corrected chi connectivity index (χ3v) is 5.30. The summed E-state index contributed by atoms with van der Waals surface area (Å²) >= 11 is 0. The number of nitrogens with zero attached hydrogens (tertiary/aromatic N) is 5. The van der Waals surface area contributed by atoms with Crippen molar-refractivity contribution in [3.05, 3.63) is 11.6 Å². The van der Waals surface area contributed by atoms with Gasteiger partial charge in [-0.15, -0.1) is 10.2 Å². The first kappa shape index (κ1) is 17.8. The van der Waals surface area contributed by atoms with Crippen molar-refractivity contribution in [1.82, 2.24) is 24.6 Å². The first-order valence-corrected chi connectivity index (χ1v) is 9.14. The molecule has 2 fully saturated rings. The van der Waals surface area contributed by atoms with Crippen LogP contribution in [0.4, 0.5) is 0 Å². The first-order valence-electron chi connectivity index (χ1n) is 9.14. The molecule has 3 rings (SSSR count). The lowest BCUT2D eigenvalue weighted by atomic mass is 9.97. The number of carbonyl (C=O) groups excluding carboxylic acids is 2. The van der Waals surface area contributed by atoms with Crippen LogP contribution < -0.4 is 0 Å². The number of piperidine rings is 2. The summed E-state index contributed by atoms with van der Waals surface area (Å²) in [5.74, 6) is 1.79. The van der Waals surface area contributed by atoms with E-state index in [2.05, 4.69) is 10.2 Å².